The minimum atomic E-state index is -0.554. The van der Waals surface area contributed by atoms with Gasteiger partial charge in [-0.1, -0.05) is 36.4 Å². The molecule has 0 atom stereocenters. The summed E-state index contributed by atoms with van der Waals surface area (Å²) in [6.45, 7) is 0. The number of nitrogens with zero attached hydrogens (tertiary/aromatic N) is 3. The van der Waals surface area contributed by atoms with E-state index in [9.17, 15) is 14.9 Å². The maximum absolute atomic E-state index is 13.3. The molecule has 0 unspecified atom stereocenters. The summed E-state index contributed by atoms with van der Waals surface area (Å²) in [6.07, 6.45) is 7.20. The SMILES string of the molecule is CNC(=O)c1c(NC(=O)C(C#N)=Cc2c(-c3ccccc3)nc3ccccn23)sc2c1CCCC2. The van der Waals surface area contributed by atoms with E-state index in [0.29, 0.717) is 27.6 Å². The lowest BCUT2D eigenvalue weighted by Crippen LogP contribution is -2.22. The number of hydrogen-bond acceptors (Lipinski definition) is 5. The number of hydrogen-bond donors (Lipinski definition) is 2. The van der Waals surface area contributed by atoms with Gasteiger partial charge in [0.15, 0.2) is 0 Å². The number of amides is 2. The topological polar surface area (TPSA) is 99.3 Å². The van der Waals surface area contributed by atoms with Crippen LogP contribution in [0.2, 0.25) is 0 Å². The lowest BCUT2D eigenvalue weighted by atomic mass is 9.95. The molecule has 35 heavy (non-hydrogen) atoms. The summed E-state index contributed by atoms with van der Waals surface area (Å²) in [5.41, 5.74) is 4.35. The zero-order valence-electron chi connectivity index (χ0n) is 19.2. The van der Waals surface area contributed by atoms with Gasteiger partial charge < -0.3 is 10.6 Å². The number of thiophene rings is 1. The van der Waals surface area contributed by atoms with E-state index in [1.165, 1.54) is 11.3 Å². The molecule has 0 radical (unpaired) electrons. The van der Waals surface area contributed by atoms with Crippen LogP contribution in [0.15, 0.2) is 60.3 Å². The Balaban J connectivity index is 1.56. The van der Waals surface area contributed by atoms with E-state index in [-0.39, 0.29) is 11.5 Å². The van der Waals surface area contributed by atoms with Gasteiger partial charge in [-0.15, -0.1) is 11.3 Å². The molecule has 1 aromatic carbocycles. The Labute approximate surface area is 206 Å². The van der Waals surface area contributed by atoms with Crippen LogP contribution >= 0.6 is 11.3 Å². The first-order valence-electron chi connectivity index (χ1n) is 11.4. The van der Waals surface area contributed by atoms with Crippen molar-refractivity contribution in [2.75, 3.05) is 12.4 Å². The number of rotatable bonds is 5. The molecular formula is C27H23N5O2S. The zero-order chi connectivity index (χ0) is 24.4. The Morgan fingerprint density at radius 1 is 1.11 bits per heavy atom. The van der Waals surface area contributed by atoms with Crippen LogP contribution in [0.3, 0.4) is 0 Å². The Morgan fingerprint density at radius 3 is 2.66 bits per heavy atom. The summed E-state index contributed by atoms with van der Waals surface area (Å²) >= 11 is 1.43. The number of aryl methyl sites for hydroxylation is 1. The van der Waals surface area contributed by atoms with Crippen molar-refractivity contribution in [1.82, 2.24) is 14.7 Å². The molecule has 0 spiro atoms. The monoisotopic (exact) mass is 481 g/mol. The number of pyridine rings is 1. The van der Waals surface area contributed by atoms with Crippen LogP contribution in [-0.4, -0.2) is 28.2 Å². The Morgan fingerprint density at radius 2 is 1.89 bits per heavy atom. The zero-order valence-corrected chi connectivity index (χ0v) is 20.0. The van der Waals surface area contributed by atoms with Gasteiger partial charge in [0.25, 0.3) is 11.8 Å². The third-order valence-corrected chi connectivity index (χ3v) is 7.32. The molecule has 0 saturated carbocycles. The van der Waals surface area contributed by atoms with Crippen LogP contribution in [-0.2, 0) is 17.6 Å². The number of carbonyl (C=O) groups is 2. The molecule has 0 bridgehead atoms. The largest absolute Gasteiger partial charge is 0.355 e. The smallest absolute Gasteiger partial charge is 0.267 e. The molecule has 8 heteroatoms. The lowest BCUT2D eigenvalue weighted by Gasteiger charge is -2.12. The third-order valence-electron chi connectivity index (χ3n) is 6.11. The molecule has 7 nitrogen and oxygen atoms in total. The molecule has 1 aliphatic rings. The fourth-order valence-electron chi connectivity index (χ4n) is 4.44. The molecule has 0 saturated heterocycles. The van der Waals surface area contributed by atoms with Gasteiger partial charge in [0.05, 0.1) is 17.0 Å². The highest BCUT2D eigenvalue weighted by Crippen LogP contribution is 2.38. The van der Waals surface area contributed by atoms with Crippen LogP contribution in [0.4, 0.5) is 5.00 Å². The van der Waals surface area contributed by atoms with Gasteiger partial charge in [-0.25, -0.2) is 4.98 Å². The van der Waals surface area contributed by atoms with Crippen LogP contribution in [0.25, 0.3) is 23.0 Å². The van der Waals surface area contributed by atoms with Gasteiger partial charge in [0.1, 0.15) is 22.3 Å². The predicted molar refractivity (Wildman–Crippen MR) is 137 cm³/mol. The Bertz CT molecular complexity index is 1510. The molecule has 0 fully saturated rings. The molecule has 5 rings (SSSR count). The third kappa shape index (κ3) is 4.22. The summed E-state index contributed by atoms with van der Waals surface area (Å²) < 4.78 is 1.85. The quantitative estimate of drug-likeness (QED) is 0.314. The van der Waals surface area contributed by atoms with E-state index in [2.05, 4.69) is 10.6 Å². The summed E-state index contributed by atoms with van der Waals surface area (Å²) in [5.74, 6) is -0.781. The van der Waals surface area contributed by atoms with Gasteiger partial charge in [-0.3, -0.25) is 14.0 Å². The number of nitriles is 1. The minimum Gasteiger partial charge on any atom is -0.355 e. The second-order valence-corrected chi connectivity index (χ2v) is 9.36. The molecular weight excluding hydrogens is 458 g/mol. The summed E-state index contributed by atoms with van der Waals surface area (Å²) in [7, 11) is 1.58. The fourth-order valence-corrected chi connectivity index (χ4v) is 5.72. The van der Waals surface area contributed by atoms with Crippen molar-refractivity contribution in [3.8, 4) is 17.3 Å². The van der Waals surface area contributed by atoms with Gasteiger partial charge in [-0.05, 0) is 49.5 Å². The molecule has 2 amide bonds. The maximum atomic E-state index is 13.3. The fraction of sp³-hybridized carbons (Fsp3) is 0.185. The standard InChI is InChI=1S/C27H23N5O2S/c1-29-26(34)23-19-11-5-6-12-21(19)35-27(23)31-25(33)18(16-28)15-20-24(17-9-3-2-4-10-17)30-22-13-7-8-14-32(20)22/h2-4,7-10,13-15H,5-6,11-12H2,1H3,(H,29,34)(H,31,33). The second-order valence-electron chi connectivity index (χ2n) is 8.26. The van der Waals surface area contributed by atoms with E-state index in [1.54, 1.807) is 13.1 Å². The highest BCUT2D eigenvalue weighted by Gasteiger charge is 2.26. The maximum Gasteiger partial charge on any atom is 0.267 e. The first-order chi connectivity index (χ1) is 17.1. The van der Waals surface area contributed by atoms with E-state index in [0.717, 1.165) is 41.7 Å². The van der Waals surface area contributed by atoms with E-state index in [4.69, 9.17) is 4.98 Å². The summed E-state index contributed by atoms with van der Waals surface area (Å²) in [4.78, 5) is 31.8. The average molecular weight is 482 g/mol. The van der Waals surface area contributed by atoms with Crippen molar-refractivity contribution in [3.05, 3.63) is 82.0 Å². The van der Waals surface area contributed by atoms with Gasteiger partial charge in [-0.2, -0.15) is 5.26 Å². The molecule has 3 heterocycles. The number of nitrogens with one attached hydrogen (secondary N) is 2. The number of anilines is 1. The van der Waals surface area contributed by atoms with Crippen LogP contribution in [0.5, 0.6) is 0 Å². The molecule has 3 aromatic heterocycles. The normalized spacial score (nSPS) is 13.2. The van der Waals surface area contributed by atoms with E-state index >= 15 is 0 Å². The first kappa shape index (κ1) is 22.6. The molecule has 0 aliphatic heterocycles. The van der Waals surface area contributed by atoms with Crippen molar-refractivity contribution in [2.45, 2.75) is 25.7 Å². The molecule has 1 aliphatic carbocycles. The Kier molecular flexibility index (Phi) is 6.17. The van der Waals surface area contributed by atoms with Crippen molar-refractivity contribution in [2.24, 2.45) is 0 Å². The molecule has 2 N–H and O–H groups in total. The molecule has 4 aromatic rings. The van der Waals surface area contributed by atoms with Crippen molar-refractivity contribution in [1.29, 1.82) is 5.26 Å². The van der Waals surface area contributed by atoms with Crippen molar-refractivity contribution < 1.29 is 9.59 Å². The second kappa shape index (κ2) is 9.57. The summed E-state index contributed by atoms with van der Waals surface area (Å²) in [5, 5.41) is 15.9. The minimum absolute atomic E-state index is 0.0675. The van der Waals surface area contributed by atoms with Crippen molar-refractivity contribution >= 4 is 39.9 Å². The highest BCUT2D eigenvalue weighted by molar-refractivity contribution is 7.17. The molecule has 174 valence electrons. The van der Waals surface area contributed by atoms with E-state index < -0.39 is 5.91 Å². The predicted octanol–water partition coefficient (Wildman–Crippen LogP) is 4.85. The van der Waals surface area contributed by atoms with Gasteiger partial charge in [0, 0.05) is 23.7 Å². The first-order valence-corrected chi connectivity index (χ1v) is 12.2. The number of benzene rings is 1. The van der Waals surface area contributed by atoms with Crippen LogP contribution < -0.4 is 10.6 Å². The number of carbonyl (C=O) groups excluding carboxylic acids is 2. The van der Waals surface area contributed by atoms with Gasteiger partial charge >= 0.3 is 0 Å². The van der Waals surface area contributed by atoms with Gasteiger partial charge in [0.2, 0.25) is 0 Å². The number of aromatic nitrogens is 2. The Hall–Kier alpha value is -4.22. The van der Waals surface area contributed by atoms with Crippen LogP contribution in [0.1, 0.15) is 39.3 Å². The number of fused-ring (bicyclic) bond motifs is 2. The lowest BCUT2D eigenvalue weighted by molar-refractivity contribution is -0.112. The number of imidazole rings is 1. The van der Waals surface area contributed by atoms with Crippen LogP contribution in [0, 0.1) is 11.3 Å². The summed E-state index contributed by atoms with van der Waals surface area (Å²) in [6, 6.07) is 17.3. The van der Waals surface area contributed by atoms with Crippen molar-refractivity contribution in [3.63, 3.8) is 0 Å². The average Bonchev–Trinajstić information content (AvgIpc) is 3.45. The van der Waals surface area contributed by atoms with E-state index in [1.807, 2.05) is 65.2 Å². The highest BCUT2D eigenvalue weighted by atomic mass is 32.1.